The minimum atomic E-state index is -0.227. The molecule has 176 valence electrons. The predicted octanol–water partition coefficient (Wildman–Crippen LogP) is 2.78. The fourth-order valence-corrected chi connectivity index (χ4v) is 4.09. The van der Waals surface area contributed by atoms with Crippen LogP contribution >= 0.6 is 0 Å². The van der Waals surface area contributed by atoms with Crippen LogP contribution in [0.25, 0.3) is 0 Å². The summed E-state index contributed by atoms with van der Waals surface area (Å²) in [5, 5.41) is 2.72. The third-order valence-electron chi connectivity index (χ3n) is 6.25. The molecule has 32 heavy (non-hydrogen) atoms. The largest absolute Gasteiger partial charge is 0.491 e. The smallest absolute Gasteiger partial charge is 0.257 e. The highest BCUT2D eigenvalue weighted by atomic mass is 16.5. The predicted molar refractivity (Wildman–Crippen MR) is 122 cm³/mol. The maximum Gasteiger partial charge on any atom is 0.257 e. The molecule has 3 amide bonds. The number of amides is 3. The number of likely N-dealkylation sites (N-methyl/N-ethyl adjacent to an activating group) is 1. The van der Waals surface area contributed by atoms with Crippen molar-refractivity contribution in [2.75, 3.05) is 39.2 Å². The molecule has 1 N–H and O–H groups in total. The zero-order valence-electron chi connectivity index (χ0n) is 19.7. The number of rotatable bonds is 4. The van der Waals surface area contributed by atoms with Crippen LogP contribution in [-0.4, -0.2) is 73.5 Å². The van der Waals surface area contributed by atoms with Gasteiger partial charge in [0, 0.05) is 52.2 Å². The van der Waals surface area contributed by atoms with E-state index in [9.17, 15) is 14.4 Å². The van der Waals surface area contributed by atoms with Gasteiger partial charge in [0.25, 0.3) is 5.91 Å². The highest BCUT2D eigenvalue weighted by Crippen LogP contribution is 2.33. The van der Waals surface area contributed by atoms with Gasteiger partial charge in [-0.2, -0.15) is 0 Å². The Labute approximate surface area is 190 Å². The highest BCUT2D eigenvalue weighted by Gasteiger charge is 2.33. The molecule has 0 saturated heterocycles. The minimum Gasteiger partial charge on any atom is -0.491 e. The fraction of sp³-hybridized carbons (Fsp3) is 0.625. The molecule has 0 unspecified atom stereocenters. The fourth-order valence-electron chi connectivity index (χ4n) is 4.09. The van der Waals surface area contributed by atoms with Gasteiger partial charge >= 0.3 is 0 Å². The van der Waals surface area contributed by atoms with Gasteiger partial charge in [0.15, 0.2) is 0 Å². The molecule has 8 nitrogen and oxygen atoms in total. The lowest BCUT2D eigenvalue weighted by atomic mass is 10.0. The molecule has 1 saturated carbocycles. The Kier molecular flexibility index (Phi) is 7.77. The van der Waals surface area contributed by atoms with E-state index in [4.69, 9.17) is 9.47 Å². The Morgan fingerprint density at radius 1 is 1.22 bits per heavy atom. The second-order valence-electron chi connectivity index (χ2n) is 9.18. The van der Waals surface area contributed by atoms with Gasteiger partial charge in [0.2, 0.25) is 11.8 Å². The summed E-state index contributed by atoms with van der Waals surface area (Å²) in [5.74, 6) is 0.684. The third kappa shape index (κ3) is 6.00. The Balaban J connectivity index is 1.93. The van der Waals surface area contributed by atoms with Crippen molar-refractivity contribution in [3.8, 4) is 5.75 Å². The van der Waals surface area contributed by atoms with E-state index in [1.54, 1.807) is 37.3 Å². The molecule has 0 aromatic heterocycles. The summed E-state index contributed by atoms with van der Waals surface area (Å²) >= 11 is 0. The van der Waals surface area contributed by atoms with Crippen molar-refractivity contribution in [3.63, 3.8) is 0 Å². The molecule has 0 radical (unpaired) electrons. The summed E-state index contributed by atoms with van der Waals surface area (Å²) in [7, 11) is 3.36. The molecule has 3 rings (SSSR count). The van der Waals surface area contributed by atoms with Gasteiger partial charge in [-0.05, 0) is 43.9 Å². The average Bonchev–Trinajstić information content (AvgIpc) is 3.56. The van der Waals surface area contributed by atoms with E-state index in [1.807, 2.05) is 18.7 Å². The zero-order valence-corrected chi connectivity index (χ0v) is 19.7. The number of benzene rings is 1. The monoisotopic (exact) mass is 445 g/mol. The number of carbonyl (C=O) groups is 3. The van der Waals surface area contributed by atoms with Crippen LogP contribution in [0.4, 0.5) is 5.69 Å². The number of anilines is 1. The van der Waals surface area contributed by atoms with Gasteiger partial charge in [0.1, 0.15) is 12.4 Å². The van der Waals surface area contributed by atoms with Crippen molar-refractivity contribution >= 4 is 23.4 Å². The Bertz CT molecular complexity index is 854. The molecule has 1 aromatic carbocycles. The van der Waals surface area contributed by atoms with E-state index < -0.39 is 0 Å². The second kappa shape index (κ2) is 10.3. The van der Waals surface area contributed by atoms with Crippen LogP contribution in [0.1, 0.15) is 50.4 Å². The van der Waals surface area contributed by atoms with E-state index in [1.165, 1.54) is 6.92 Å². The summed E-state index contributed by atoms with van der Waals surface area (Å²) < 4.78 is 11.8. The lowest BCUT2D eigenvalue weighted by Crippen LogP contribution is -2.48. The number of fused-ring (bicyclic) bond motifs is 1. The number of nitrogens with zero attached hydrogens (tertiary/aromatic N) is 2. The molecule has 3 atom stereocenters. The highest BCUT2D eigenvalue weighted by molar-refractivity contribution is 5.99. The summed E-state index contributed by atoms with van der Waals surface area (Å²) in [5.41, 5.74) is 0.893. The van der Waals surface area contributed by atoms with Crippen molar-refractivity contribution in [3.05, 3.63) is 23.8 Å². The lowest BCUT2D eigenvalue weighted by Gasteiger charge is -2.36. The number of nitrogens with one attached hydrogen (secondary N) is 1. The maximum absolute atomic E-state index is 13.3. The van der Waals surface area contributed by atoms with Crippen LogP contribution in [-0.2, 0) is 14.3 Å². The molecule has 1 aromatic rings. The Morgan fingerprint density at radius 2 is 1.94 bits per heavy atom. The first-order valence-corrected chi connectivity index (χ1v) is 11.3. The molecule has 1 heterocycles. The lowest BCUT2D eigenvalue weighted by molar-refractivity contribution is -0.135. The van der Waals surface area contributed by atoms with Crippen LogP contribution in [0, 0.1) is 11.8 Å². The van der Waals surface area contributed by atoms with E-state index in [0.717, 1.165) is 12.8 Å². The van der Waals surface area contributed by atoms with Crippen LogP contribution in [0.3, 0.4) is 0 Å². The quantitative estimate of drug-likeness (QED) is 0.770. The standard InChI is InChI=1S/C24H35N3O5/c1-15-12-27(23(29)10-18-6-7-18)16(2)14-32-21-9-8-19(25-17(3)28)11-20(21)24(30)26(4)13-22(15)31-5/h8-9,11,15-16,18,22H,6-7,10,12-14H2,1-5H3,(H,25,28)/t15-,16+,22+/m0/s1. The molecule has 0 spiro atoms. The molecule has 1 fully saturated rings. The first-order chi connectivity index (χ1) is 15.2. The molecular formula is C24H35N3O5. The summed E-state index contributed by atoms with van der Waals surface area (Å²) in [4.78, 5) is 41.3. The molecule has 1 aliphatic carbocycles. The van der Waals surface area contributed by atoms with Crippen molar-refractivity contribution in [1.82, 2.24) is 9.80 Å². The van der Waals surface area contributed by atoms with E-state index >= 15 is 0 Å². The van der Waals surface area contributed by atoms with Gasteiger partial charge in [-0.3, -0.25) is 14.4 Å². The van der Waals surface area contributed by atoms with Crippen LogP contribution in [0.15, 0.2) is 18.2 Å². The number of ether oxygens (including phenoxy) is 2. The van der Waals surface area contributed by atoms with Gasteiger partial charge in [-0.25, -0.2) is 0 Å². The van der Waals surface area contributed by atoms with Crippen molar-refractivity contribution in [2.45, 2.75) is 52.2 Å². The van der Waals surface area contributed by atoms with E-state index in [0.29, 0.717) is 42.4 Å². The topological polar surface area (TPSA) is 88.2 Å². The van der Waals surface area contributed by atoms with Crippen LogP contribution in [0.2, 0.25) is 0 Å². The average molecular weight is 446 g/mol. The summed E-state index contributed by atoms with van der Waals surface area (Å²) in [6, 6.07) is 4.88. The molecule has 2 aliphatic rings. The van der Waals surface area contributed by atoms with Crippen LogP contribution < -0.4 is 10.1 Å². The van der Waals surface area contributed by atoms with Crippen molar-refractivity contribution < 1.29 is 23.9 Å². The normalized spacial score (nSPS) is 24.7. The van der Waals surface area contributed by atoms with E-state index in [2.05, 4.69) is 5.32 Å². The molecule has 8 heteroatoms. The van der Waals surface area contributed by atoms with Gasteiger partial charge in [0.05, 0.1) is 17.7 Å². The number of methoxy groups -OCH3 is 1. The van der Waals surface area contributed by atoms with Crippen molar-refractivity contribution in [2.24, 2.45) is 11.8 Å². The molecular weight excluding hydrogens is 410 g/mol. The Hall–Kier alpha value is -2.61. The summed E-state index contributed by atoms with van der Waals surface area (Å²) in [6.07, 6.45) is 2.59. The SMILES string of the molecule is CO[C@@H]1CN(C)C(=O)c2cc(NC(C)=O)ccc2OC[C@@H](C)N(C(=O)CC2CC2)C[C@@H]1C. The van der Waals surface area contributed by atoms with Crippen LogP contribution in [0.5, 0.6) is 5.75 Å². The minimum absolute atomic E-state index is 0.0328. The van der Waals surface area contributed by atoms with Gasteiger partial charge < -0.3 is 24.6 Å². The van der Waals surface area contributed by atoms with E-state index in [-0.39, 0.29) is 42.4 Å². The first-order valence-electron chi connectivity index (χ1n) is 11.3. The van der Waals surface area contributed by atoms with Crippen molar-refractivity contribution in [1.29, 1.82) is 0 Å². The first kappa shape index (κ1) is 24.0. The maximum atomic E-state index is 13.3. The zero-order chi connectivity index (χ0) is 23.4. The molecule has 1 aliphatic heterocycles. The Morgan fingerprint density at radius 3 is 2.56 bits per heavy atom. The third-order valence-corrected chi connectivity index (χ3v) is 6.25. The number of carbonyl (C=O) groups excluding carboxylic acids is 3. The molecule has 0 bridgehead atoms. The number of hydrogen-bond acceptors (Lipinski definition) is 5. The van der Waals surface area contributed by atoms with Gasteiger partial charge in [-0.1, -0.05) is 6.92 Å². The number of hydrogen-bond donors (Lipinski definition) is 1. The second-order valence-corrected chi connectivity index (χ2v) is 9.18. The summed E-state index contributed by atoms with van der Waals surface area (Å²) in [6.45, 7) is 6.63. The van der Waals surface area contributed by atoms with Gasteiger partial charge in [-0.15, -0.1) is 0 Å².